The molecule has 1 unspecified atom stereocenters. The second-order valence-electron chi connectivity index (χ2n) is 5.98. The maximum Gasteiger partial charge on any atom is 0.0408 e. The fraction of sp³-hybridized carbons (Fsp3) is 0.625. The van der Waals surface area contributed by atoms with Gasteiger partial charge in [-0.15, -0.1) is 0 Å². The molecule has 18 heavy (non-hydrogen) atoms. The zero-order valence-electron chi connectivity index (χ0n) is 11.5. The summed E-state index contributed by atoms with van der Waals surface area (Å²) in [6.45, 7) is 6.79. The zero-order chi connectivity index (χ0) is 13.0. The SMILES string of the molecule is CC(C)CNCC(Cc1cccc(Cl)c1)C1CC1. The van der Waals surface area contributed by atoms with Crippen LogP contribution in [-0.2, 0) is 6.42 Å². The Labute approximate surface area is 116 Å². The lowest BCUT2D eigenvalue weighted by Gasteiger charge is -2.18. The Bertz CT molecular complexity index is 371. The topological polar surface area (TPSA) is 12.0 Å². The molecule has 0 aliphatic heterocycles. The van der Waals surface area contributed by atoms with Crippen molar-refractivity contribution in [3.05, 3.63) is 34.9 Å². The first-order valence-corrected chi connectivity index (χ1v) is 7.48. The Morgan fingerprint density at radius 1 is 1.28 bits per heavy atom. The molecule has 1 aliphatic rings. The van der Waals surface area contributed by atoms with Crippen molar-refractivity contribution < 1.29 is 0 Å². The van der Waals surface area contributed by atoms with Crippen LogP contribution in [0.15, 0.2) is 24.3 Å². The van der Waals surface area contributed by atoms with E-state index in [1.807, 2.05) is 6.07 Å². The van der Waals surface area contributed by atoms with E-state index >= 15 is 0 Å². The highest BCUT2D eigenvalue weighted by molar-refractivity contribution is 6.30. The number of rotatable bonds is 7. The van der Waals surface area contributed by atoms with Crippen molar-refractivity contribution in [1.82, 2.24) is 5.32 Å². The summed E-state index contributed by atoms with van der Waals surface area (Å²) in [6, 6.07) is 8.32. The minimum absolute atomic E-state index is 0.732. The summed E-state index contributed by atoms with van der Waals surface area (Å²) in [5, 5.41) is 4.47. The van der Waals surface area contributed by atoms with Crippen LogP contribution in [0.1, 0.15) is 32.3 Å². The number of hydrogen-bond donors (Lipinski definition) is 1. The van der Waals surface area contributed by atoms with Gasteiger partial charge in [0.15, 0.2) is 0 Å². The van der Waals surface area contributed by atoms with Gasteiger partial charge < -0.3 is 5.32 Å². The predicted molar refractivity (Wildman–Crippen MR) is 79.1 cm³/mol. The molecule has 1 fully saturated rings. The third-order valence-corrected chi connectivity index (χ3v) is 3.87. The maximum absolute atomic E-state index is 6.05. The van der Waals surface area contributed by atoms with Crippen molar-refractivity contribution >= 4 is 11.6 Å². The molecule has 1 atom stereocenters. The van der Waals surface area contributed by atoms with Crippen LogP contribution in [0.25, 0.3) is 0 Å². The van der Waals surface area contributed by atoms with E-state index < -0.39 is 0 Å². The first-order chi connectivity index (χ1) is 8.65. The Hall–Kier alpha value is -0.530. The highest BCUT2D eigenvalue weighted by atomic mass is 35.5. The Balaban J connectivity index is 1.86. The van der Waals surface area contributed by atoms with Crippen molar-refractivity contribution in [3.63, 3.8) is 0 Å². The number of halogens is 1. The molecule has 1 saturated carbocycles. The van der Waals surface area contributed by atoms with Gasteiger partial charge in [-0.25, -0.2) is 0 Å². The van der Waals surface area contributed by atoms with Crippen molar-refractivity contribution in [2.45, 2.75) is 33.1 Å². The van der Waals surface area contributed by atoms with Crippen LogP contribution in [0.2, 0.25) is 5.02 Å². The number of hydrogen-bond acceptors (Lipinski definition) is 1. The molecule has 1 aliphatic carbocycles. The lowest BCUT2D eigenvalue weighted by molar-refractivity contribution is 0.408. The molecule has 1 N–H and O–H groups in total. The van der Waals surface area contributed by atoms with Crippen LogP contribution in [0.5, 0.6) is 0 Å². The highest BCUT2D eigenvalue weighted by Crippen LogP contribution is 2.38. The van der Waals surface area contributed by atoms with Gasteiger partial charge >= 0.3 is 0 Å². The van der Waals surface area contributed by atoms with Crippen LogP contribution < -0.4 is 5.32 Å². The highest BCUT2D eigenvalue weighted by Gasteiger charge is 2.30. The Morgan fingerprint density at radius 3 is 2.67 bits per heavy atom. The molecular formula is C16H24ClN. The zero-order valence-corrected chi connectivity index (χ0v) is 12.2. The molecule has 100 valence electrons. The van der Waals surface area contributed by atoms with Crippen molar-refractivity contribution in [2.24, 2.45) is 17.8 Å². The molecule has 0 saturated heterocycles. The summed E-state index contributed by atoms with van der Waals surface area (Å²) in [5.41, 5.74) is 1.38. The summed E-state index contributed by atoms with van der Waals surface area (Å²) < 4.78 is 0. The second-order valence-corrected chi connectivity index (χ2v) is 6.42. The van der Waals surface area contributed by atoms with E-state index in [0.29, 0.717) is 0 Å². The van der Waals surface area contributed by atoms with Crippen molar-refractivity contribution in [1.29, 1.82) is 0 Å². The van der Waals surface area contributed by atoms with Gasteiger partial charge in [0, 0.05) is 5.02 Å². The second kappa shape index (κ2) is 6.58. The fourth-order valence-corrected chi connectivity index (χ4v) is 2.71. The fourth-order valence-electron chi connectivity index (χ4n) is 2.50. The van der Waals surface area contributed by atoms with Gasteiger partial charge in [0.1, 0.15) is 0 Å². The number of nitrogens with one attached hydrogen (secondary N) is 1. The normalized spacial score (nSPS) is 17.1. The van der Waals surface area contributed by atoms with Crippen LogP contribution in [0.3, 0.4) is 0 Å². The molecule has 1 aromatic rings. The van der Waals surface area contributed by atoms with Gasteiger partial charge in [-0.1, -0.05) is 37.6 Å². The number of benzene rings is 1. The Morgan fingerprint density at radius 2 is 2.06 bits per heavy atom. The van der Waals surface area contributed by atoms with E-state index in [0.717, 1.165) is 42.3 Å². The first kappa shape index (κ1) is 13.9. The Kier molecular flexibility index (Phi) is 5.08. The smallest absolute Gasteiger partial charge is 0.0408 e. The third kappa shape index (κ3) is 4.62. The maximum atomic E-state index is 6.05. The molecule has 1 aromatic carbocycles. The lowest BCUT2D eigenvalue weighted by Crippen LogP contribution is -2.28. The molecule has 1 nitrogen and oxygen atoms in total. The summed E-state index contributed by atoms with van der Waals surface area (Å²) in [4.78, 5) is 0. The standard InChI is InChI=1S/C16H24ClN/c1-12(2)10-18-11-15(14-6-7-14)8-13-4-3-5-16(17)9-13/h3-5,9,12,14-15,18H,6-8,10-11H2,1-2H3. The summed E-state index contributed by atoms with van der Waals surface area (Å²) in [5.74, 6) is 2.45. The van der Waals surface area contributed by atoms with Crippen LogP contribution >= 0.6 is 11.6 Å². The molecule has 0 heterocycles. The molecule has 0 amide bonds. The average molecular weight is 266 g/mol. The molecule has 2 heteroatoms. The predicted octanol–water partition coefficient (Wildman–Crippen LogP) is 4.15. The minimum atomic E-state index is 0.732. The van der Waals surface area contributed by atoms with E-state index in [-0.39, 0.29) is 0 Å². The monoisotopic (exact) mass is 265 g/mol. The van der Waals surface area contributed by atoms with Gasteiger partial charge in [-0.3, -0.25) is 0 Å². The van der Waals surface area contributed by atoms with Gasteiger partial charge in [0.2, 0.25) is 0 Å². The minimum Gasteiger partial charge on any atom is -0.316 e. The summed E-state index contributed by atoms with van der Waals surface area (Å²) in [6.07, 6.45) is 3.99. The lowest BCUT2D eigenvalue weighted by atomic mass is 9.94. The molecule has 2 rings (SSSR count). The molecule has 0 aromatic heterocycles. The van der Waals surface area contributed by atoms with Gasteiger partial charge in [-0.05, 0) is 67.8 Å². The van der Waals surface area contributed by atoms with E-state index in [1.54, 1.807) is 0 Å². The van der Waals surface area contributed by atoms with Gasteiger partial charge in [0.25, 0.3) is 0 Å². The van der Waals surface area contributed by atoms with Crippen molar-refractivity contribution in [3.8, 4) is 0 Å². The van der Waals surface area contributed by atoms with Crippen molar-refractivity contribution in [2.75, 3.05) is 13.1 Å². The molecule has 0 radical (unpaired) electrons. The van der Waals surface area contributed by atoms with Crippen LogP contribution in [0, 0.1) is 17.8 Å². The van der Waals surface area contributed by atoms with Crippen LogP contribution in [-0.4, -0.2) is 13.1 Å². The molecule has 0 spiro atoms. The first-order valence-electron chi connectivity index (χ1n) is 7.10. The molecular weight excluding hydrogens is 242 g/mol. The van der Waals surface area contributed by atoms with E-state index in [1.165, 1.54) is 18.4 Å². The quantitative estimate of drug-likeness (QED) is 0.781. The van der Waals surface area contributed by atoms with Gasteiger partial charge in [0.05, 0.1) is 0 Å². The van der Waals surface area contributed by atoms with E-state index in [4.69, 9.17) is 11.6 Å². The average Bonchev–Trinajstić information content (AvgIpc) is 3.11. The van der Waals surface area contributed by atoms with Gasteiger partial charge in [-0.2, -0.15) is 0 Å². The van der Waals surface area contributed by atoms with E-state index in [2.05, 4.69) is 37.4 Å². The van der Waals surface area contributed by atoms with Crippen LogP contribution in [0.4, 0.5) is 0 Å². The molecule has 0 bridgehead atoms. The summed E-state index contributed by atoms with van der Waals surface area (Å²) >= 11 is 6.05. The summed E-state index contributed by atoms with van der Waals surface area (Å²) in [7, 11) is 0. The van der Waals surface area contributed by atoms with E-state index in [9.17, 15) is 0 Å². The third-order valence-electron chi connectivity index (χ3n) is 3.63. The largest absolute Gasteiger partial charge is 0.316 e.